The normalized spacial score (nSPS) is 29.8. The molecule has 3 heteroatoms. The number of halogens is 1. The number of carbonyl (C=O) groups is 1. The Morgan fingerprint density at radius 1 is 1.50 bits per heavy atom. The van der Waals surface area contributed by atoms with Crippen molar-refractivity contribution in [2.45, 2.75) is 50.4 Å². The van der Waals surface area contributed by atoms with Crippen molar-refractivity contribution >= 4 is 17.5 Å². The molecule has 1 rings (SSSR count). The molecular formula is C9H16ClNO. The van der Waals surface area contributed by atoms with Gasteiger partial charge in [-0.25, -0.2) is 0 Å². The second-order valence-electron chi connectivity index (χ2n) is 3.33. The van der Waals surface area contributed by atoms with Crippen LogP contribution >= 0.6 is 11.6 Å². The standard InChI is InChI=1S/C9H16ClNO/c1-2-9(12)11-8-6-4-3-5-7(8)10/h7-8H,2-6H2,1H3,(H,11,12)/t7-,8?/m0/s1. The molecule has 1 aliphatic rings. The molecule has 0 aromatic rings. The van der Waals surface area contributed by atoms with Crippen LogP contribution in [0.4, 0.5) is 0 Å². The third-order valence-electron chi connectivity index (χ3n) is 2.35. The summed E-state index contributed by atoms with van der Waals surface area (Å²) in [5.74, 6) is 0.118. The van der Waals surface area contributed by atoms with E-state index in [1.807, 2.05) is 6.92 Å². The molecule has 2 atom stereocenters. The highest BCUT2D eigenvalue weighted by Crippen LogP contribution is 2.22. The van der Waals surface area contributed by atoms with Crippen LogP contribution in [0, 0.1) is 0 Å². The summed E-state index contributed by atoms with van der Waals surface area (Å²) >= 11 is 6.07. The molecule has 1 amide bonds. The van der Waals surface area contributed by atoms with E-state index in [0.29, 0.717) is 6.42 Å². The lowest BCUT2D eigenvalue weighted by atomic mass is 9.95. The van der Waals surface area contributed by atoms with Gasteiger partial charge in [0, 0.05) is 12.5 Å². The van der Waals surface area contributed by atoms with E-state index in [-0.39, 0.29) is 17.3 Å². The molecule has 12 heavy (non-hydrogen) atoms. The van der Waals surface area contributed by atoms with Crippen molar-refractivity contribution in [1.82, 2.24) is 5.32 Å². The van der Waals surface area contributed by atoms with Crippen LogP contribution in [-0.4, -0.2) is 17.3 Å². The van der Waals surface area contributed by atoms with E-state index in [1.165, 1.54) is 12.8 Å². The van der Waals surface area contributed by atoms with E-state index < -0.39 is 0 Å². The van der Waals surface area contributed by atoms with Crippen LogP contribution in [0.25, 0.3) is 0 Å². The monoisotopic (exact) mass is 189 g/mol. The smallest absolute Gasteiger partial charge is 0.219 e. The molecule has 1 aliphatic carbocycles. The lowest BCUT2D eigenvalue weighted by molar-refractivity contribution is -0.121. The first-order valence-electron chi connectivity index (χ1n) is 4.67. The highest BCUT2D eigenvalue weighted by molar-refractivity contribution is 6.21. The quantitative estimate of drug-likeness (QED) is 0.662. The molecule has 0 aromatic heterocycles. The summed E-state index contributed by atoms with van der Waals surface area (Å²) in [6.07, 6.45) is 5.03. The van der Waals surface area contributed by atoms with E-state index in [1.54, 1.807) is 0 Å². The Labute approximate surface area is 78.7 Å². The number of rotatable bonds is 2. The topological polar surface area (TPSA) is 29.1 Å². The summed E-state index contributed by atoms with van der Waals surface area (Å²) in [6.45, 7) is 1.86. The molecule has 1 N–H and O–H groups in total. The van der Waals surface area contributed by atoms with E-state index in [9.17, 15) is 4.79 Å². The molecule has 1 fully saturated rings. The van der Waals surface area contributed by atoms with Gasteiger partial charge in [0.25, 0.3) is 0 Å². The van der Waals surface area contributed by atoms with E-state index in [2.05, 4.69) is 5.32 Å². The number of carbonyl (C=O) groups excluding carboxylic acids is 1. The van der Waals surface area contributed by atoms with Crippen LogP contribution in [-0.2, 0) is 4.79 Å². The summed E-state index contributed by atoms with van der Waals surface area (Å²) in [6, 6.07) is 0.216. The van der Waals surface area contributed by atoms with Crippen molar-refractivity contribution in [3.8, 4) is 0 Å². The lowest BCUT2D eigenvalue weighted by Gasteiger charge is -2.27. The Morgan fingerprint density at radius 2 is 2.17 bits per heavy atom. The van der Waals surface area contributed by atoms with Crippen molar-refractivity contribution in [2.24, 2.45) is 0 Å². The van der Waals surface area contributed by atoms with Crippen LogP contribution in [0.5, 0.6) is 0 Å². The van der Waals surface area contributed by atoms with Crippen molar-refractivity contribution in [1.29, 1.82) is 0 Å². The average Bonchev–Trinajstić information content (AvgIpc) is 2.09. The van der Waals surface area contributed by atoms with Gasteiger partial charge in [-0.15, -0.1) is 11.6 Å². The highest BCUT2D eigenvalue weighted by Gasteiger charge is 2.23. The SMILES string of the molecule is CCC(=O)NC1CCCC[C@@H]1Cl. The zero-order valence-corrected chi connectivity index (χ0v) is 8.23. The summed E-state index contributed by atoms with van der Waals surface area (Å²) in [4.78, 5) is 11.1. The second kappa shape index (κ2) is 4.70. The first-order valence-corrected chi connectivity index (χ1v) is 5.11. The van der Waals surface area contributed by atoms with Crippen molar-refractivity contribution in [3.63, 3.8) is 0 Å². The van der Waals surface area contributed by atoms with Crippen LogP contribution in [0.2, 0.25) is 0 Å². The molecule has 0 spiro atoms. The number of amides is 1. The fourth-order valence-corrected chi connectivity index (χ4v) is 1.90. The molecule has 70 valence electrons. The van der Waals surface area contributed by atoms with Gasteiger partial charge >= 0.3 is 0 Å². The van der Waals surface area contributed by atoms with Gasteiger partial charge in [0.2, 0.25) is 5.91 Å². The zero-order chi connectivity index (χ0) is 8.97. The summed E-state index contributed by atoms with van der Waals surface area (Å²) in [5.41, 5.74) is 0. The third kappa shape index (κ3) is 2.67. The average molecular weight is 190 g/mol. The number of nitrogens with one attached hydrogen (secondary N) is 1. The Hall–Kier alpha value is -0.240. The third-order valence-corrected chi connectivity index (χ3v) is 2.87. The van der Waals surface area contributed by atoms with Crippen LogP contribution in [0.15, 0.2) is 0 Å². The summed E-state index contributed by atoms with van der Waals surface area (Å²) < 4.78 is 0. The molecule has 1 saturated carbocycles. The van der Waals surface area contributed by atoms with Crippen LogP contribution < -0.4 is 5.32 Å². The van der Waals surface area contributed by atoms with Gasteiger partial charge in [0.15, 0.2) is 0 Å². The van der Waals surface area contributed by atoms with Crippen LogP contribution in [0.1, 0.15) is 39.0 Å². The molecular weight excluding hydrogens is 174 g/mol. The van der Waals surface area contributed by atoms with E-state index in [0.717, 1.165) is 12.8 Å². The predicted molar refractivity (Wildman–Crippen MR) is 50.3 cm³/mol. The molecule has 0 heterocycles. The van der Waals surface area contributed by atoms with Gasteiger partial charge in [-0.3, -0.25) is 4.79 Å². The molecule has 0 aromatic carbocycles. The molecule has 0 saturated heterocycles. The highest BCUT2D eigenvalue weighted by atomic mass is 35.5. The largest absolute Gasteiger partial charge is 0.352 e. The van der Waals surface area contributed by atoms with Crippen LogP contribution in [0.3, 0.4) is 0 Å². The lowest BCUT2D eigenvalue weighted by Crippen LogP contribution is -2.42. The van der Waals surface area contributed by atoms with Crippen molar-refractivity contribution in [3.05, 3.63) is 0 Å². The van der Waals surface area contributed by atoms with Gasteiger partial charge in [-0.1, -0.05) is 19.8 Å². The second-order valence-corrected chi connectivity index (χ2v) is 3.89. The van der Waals surface area contributed by atoms with Gasteiger partial charge in [-0.2, -0.15) is 0 Å². The van der Waals surface area contributed by atoms with Gasteiger partial charge in [0.1, 0.15) is 0 Å². The maximum Gasteiger partial charge on any atom is 0.219 e. The van der Waals surface area contributed by atoms with Gasteiger partial charge < -0.3 is 5.32 Å². The van der Waals surface area contributed by atoms with Crippen molar-refractivity contribution in [2.75, 3.05) is 0 Å². The molecule has 0 aliphatic heterocycles. The molecule has 0 radical (unpaired) electrons. The Morgan fingerprint density at radius 3 is 2.75 bits per heavy atom. The fourth-order valence-electron chi connectivity index (χ4n) is 1.56. The fraction of sp³-hybridized carbons (Fsp3) is 0.889. The van der Waals surface area contributed by atoms with Crippen molar-refractivity contribution < 1.29 is 4.79 Å². The number of hydrogen-bond acceptors (Lipinski definition) is 1. The summed E-state index contributed by atoms with van der Waals surface area (Å²) in [7, 11) is 0. The Balaban J connectivity index is 2.33. The first kappa shape index (κ1) is 9.85. The van der Waals surface area contributed by atoms with Gasteiger partial charge in [-0.05, 0) is 12.8 Å². The molecule has 1 unspecified atom stereocenters. The number of hydrogen-bond donors (Lipinski definition) is 1. The molecule has 0 bridgehead atoms. The minimum absolute atomic E-state index is 0.118. The number of alkyl halides is 1. The zero-order valence-electron chi connectivity index (χ0n) is 7.48. The minimum atomic E-state index is 0.118. The van der Waals surface area contributed by atoms with Gasteiger partial charge in [0.05, 0.1) is 5.38 Å². The Kier molecular flexibility index (Phi) is 3.86. The van der Waals surface area contributed by atoms with E-state index >= 15 is 0 Å². The minimum Gasteiger partial charge on any atom is -0.352 e. The van der Waals surface area contributed by atoms with E-state index in [4.69, 9.17) is 11.6 Å². The predicted octanol–water partition coefficient (Wildman–Crippen LogP) is 2.06. The molecule has 2 nitrogen and oxygen atoms in total. The summed E-state index contributed by atoms with van der Waals surface area (Å²) in [5, 5.41) is 3.09. The maximum atomic E-state index is 11.1. The Bertz CT molecular complexity index is 161. The first-order chi connectivity index (χ1) is 5.74. The maximum absolute atomic E-state index is 11.1.